The molecule has 23 heavy (non-hydrogen) atoms. The van der Waals surface area contributed by atoms with E-state index in [0.717, 1.165) is 19.4 Å². The van der Waals surface area contributed by atoms with Crippen LogP contribution in [0.4, 0.5) is 5.69 Å². The van der Waals surface area contributed by atoms with Gasteiger partial charge in [0.15, 0.2) is 0 Å². The lowest BCUT2D eigenvalue weighted by Crippen LogP contribution is -2.36. The van der Waals surface area contributed by atoms with Gasteiger partial charge in [0.25, 0.3) is 5.91 Å². The second-order valence-corrected chi connectivity index (χ2v) is 6.06. The predicted molar refractivity (Wildman–Crippen MR) is 96.9 cm³/mol. The van der Waals surface area contributed by atoms with Gasteiger partial charge in [-0.3, -0.25) is 4.79 Å². The Labute approximate surface area is 143 Å². The molecule has 0 radical (unpaired) electrons. The van der Waals surface area contributed by atoms with Crippen LogP contribution in [0.15, 0.2) is 54.6 Å². The standard InChI is InChI=1S/C19H22N2O.ClH/c1-14-16(13-15-7-3-2-4-8-15)11-12-21(14)19(22)17-9-5-6-10-18(17)20;/h2-10,14,16H,11-13,20H2,1H3;1H. The molecule has 2 aromatic rings. The van der Waals surface area contributed by atoms with Gasteiger partial charge < -0.3 is 10.6 Å². The van der Waals surface area contributed by atoms with E-state index in [-0.39, 0.29) is 24.4 Å². The number of likely N-dealkylation sites (tertiary alicyclic amines) is 1. The number of carbonyl (C=O) groups excluding carboxylic acids is 1. The van der Waals surface area contributed by atoms with E-state index in [1.165, 1.54) is 5.56 Å². The molecule has 0 spiro atoms. The lowest BCUT2D eigenvalue weighted by Gasteiger charge is -2.25. The average molecular weight is 331 g/mol. The number of hydrogen-bond acceptors (Lipinski definition) is 2. The van der Waals surface area contributed by atoms with E-state index in [4.69, 9.17) is 5.73 Å². The molecule has 1 amide bonds. The van der Waals surface area contributed by atoms with E-state index in [1.54, 1.807) is 6.07 Å². The molecule has 4 heteroatoms. The maximum Gasteiger partial charge on any atom is 0.256 e. The third-order valence-electron chi connectivity index (χ3n) is 4.71. The summed E-state index contributed by atoms with van der Waals surface area (Å²) in [5.41, 5.74) is 8.47. The monoisotopic (exact) mass is 330 g/mol. The number of carbonyl (C=O) groups is 1. The Balaban J connectivity index is 0.00000192. The number of amides is 1. The third kappa shape index (κ3) is 3.67. The van der Waals surface area contributed by atoms with Crippen molar-refractivity contribution in [2.45, 2.75) is 25.8 Å². The van der Waals surface area contributed by atoms with Gasteiger partial charge in [0.1, 0.15) is 0 Å². The Kier molecular flexibility index (Phi) is 5.67. The third-order valence-corrected chi connectivity index (χ3v) is 4.71. The molecule has 0 saturated carbocycles. The molecule has 2 N–H and O–H groups in total. The van der Waals surface area contributed by atoms with Crippen molar-refractivity contribution >= 4 is 24.0 Å². The van der Waals surface area contributed by atoms with Gasteiger partial charge in [-0.1, -0.05) is 42.5 Å². The highest BCUT2D eigenvalue weighted by Gasteiger charge is 2.34. The normalized spacial score (nSPS) is 20.1. The second kappa shape index (κ2) is 7.51. The van der Waals surface area contributed by atoms with Crippen LogP contribution in [0.5, 0.6) is 0 Å². The molecule has 0 aromatic heterocycles. The van der Waals surface area contributed by atoms with Gasteiger partial charge in [-0.2, -0.15) is 0 Å². The Morgan fingerprint density at radius 3 is 2.48 bits per heavy atom. The van der Waals surface area contributed by atoms with E-state index in [1.807, 2.05) is 29.2 Å². The van der Waals surface area contributed by atoms with Crippen LogP contribution in [-0.4, -0.2) is 23.4 Å². The molecule has 2 atom stereocenters. The van der Waals surface area contributed by atoms with Crippen LogP contribution >= 0.6 is 12.4 Å². The first-order valence-electron chi connectivity index (χ1n) is 7.86. The van der Waals surface area contributed by atoms with E-state index in [0.29, 0.717) is 17.2 Å². The van der Waals surface area contributed by atoms with Crippen LogP contribution in [0.3, 0.4) is 0 Å². The molecule has 1 aliphatic rings. The van der Waals surface area contributed by atoms with Gasteiger partial charge in [-0.25, -0.2) is 0 Å². The van der Waals surface area contributed by atoms with Gasteiger partial charge in [0.2, 0.25) is 0 Å². The molecular formula is C19H23ClN2O. The fourth-order valence-electron chi connectivity index (χ4n) is 3.33. The molecule has 2 unspecified atom stereocenters. The van der Waals surface area contributed by atoms with E-state index < -0.39 is 0 Å². The fraction of sp³-hybridized carbons (Fsp3) is 0.316. The summed E-state index contributed by atoms with van der Waals surface area (Å²) in [5.74, 6) is 0.567. The quantitative estimate of drug-likeness (QED) is 0.870. The minimum Gasteiger partial charge on any atom is -0.398 e. The number of nitrogens with two attached hydrogens (primary N) is 1. The molecule has 1 aliphatic heterocycles. The van der Waals surface area contributed by atoms with Gasteiger partial charge in [-0.05, 0) is 43.4 Å². The molecule has 122 valence electrons. The summed E-state index contributed by atoms with van der Waals surface area (Å²) in [4.78, 5) is 14.7. The number of nitrogens with zero attached hydrogens (tertiary/aromatic N) is 1. The number of para-hydroxylation sites is 1. The summed E-state index contributed by atoms with van der Waals surface area (Å²) < 4.78 is 0. The number of anilines is 1. The van der Waals surface area contributed by atoms with Crippen molar-refractivity contribution in [3.63, 3.8) is 0 Å². The molecule has 2 aromatic carbocycles. The molecule has 0 aliphatic carbocycles. The first-order valence-corrected chi connectivity index (χ1v) is 7.86. The van der Waals surface area contributed by atoms with Crippen LogP contribution in [0, 0.1) is 5.92 Å². The summed E-state index contributed by atoms with van der Waals surface area (Å²) in [6.45, 7) is 2.96. The average Bonchev–Trinajstić information content (AvgIpc) is 2.89. The minimum absolute atomic E-state index is 0. The lowest BCUT2D eigenvalue weighted by molar-refractivity contribution is 0.0733. The fourth-order valence-corrected chi connectivity index (χ4v) is 3.33. The van der Waals surface area contributed by atoms with Crippen molar-refractivity contribution in [2.24, 2.45) is 5.92 Å². The van der Waals surface area contributed by atoms with E-state index in [9.17, 15) is 4.79 Å². The highest BCUT2D eigenvalue weighted by molar-refractivity contribution is 5.99. The van der Waals surface area contributed by atoms with Crippen LogP contribution in [0.2, 0.25) is 0 Å². The SMILES string of the molecule is CC1C(Cc2ccccc2)CCN1C(=O)c1ccccc1N.Cl. The van der Waals surface area contributed by atoms with E-state index >= 15 is 0 Å². The summed E-state index contributed by atoms with van der Waals surface area (Å²) in [7, 11) is 0. The van der Waals surface area contributed by atoms with Crippen LogP contribution < -0.4 is 5.73 Å². The van der Waals surface area contributed by atoms with Crippen LogP contribution in [0.1, 0.15) is 29.3 Å². The summed E-state index contributed by atoms with van der Waals surface area (Å²) in [6.07, 6.45) is 2.07. The zero-order valence-electron chi connectivity index (χ0n) is 13.3. The second-order valence-electron chi connectivity index (χ2n) is 6.06. The van der Waals surface area contributed by atoms with Gasteiger partial charge >= 0.3 is 0 Å². The number of rotatable bonds is 3. The van der Waals surface area contributed by atoms with Gasteiger partial charge in [0.05, 0.1) is 5.56 Å². The zero-order chi connectivity index (χ0) is 15.5. The first kappa shape index (κ1) is 17.4. The zero-order valence-corrected chi connectivity index (χ0v) is 14.1. The summed E-state index contributed by atoms with van der Waals surface area (Å²) in [5, 5.41) is 0. The molecule has 0 bridgehead atoms. The van der Waals surface area contributed by atoms with Gasteiger partial charge in [0, 0.05) is 18.3 Å². The highest BCUT2D eigenvalue weighted by Crippen LogP contribution is 2.29. The number of benzene rings is 2. The molecule has 3 rings (SSSR count). The predicted octanol–water partition coefficient (Wildman–Crippen LogP) is 3.78. The Hall–Kier alpha value is -2.00. The largest absolute Gasteiger partial charge is 0.398 e. The molecule has 1 fully saturated rings. The topological polar surface area (TPSA) is 46.3 Å². The number of hydrogen-bond donors (Lipinski definition) is 1. The summed E-state index contributed by atoms with van der Waals surface area (Å²) >= 11 is 0. The Morgan fingerprint density at radius 2 is 1.78 bits per heavy atom. The van der Waals surface area contributed by atoms with Crippen molar-refractivity contribution in [1.29, 1.82) is 0 Å². The maximum atomic E-state index is 12.7. The number of halogens is 1. The van der Waals surface area contributed by atoms with Crippen molar-refractivity contribution in [1.82, 2.24) is 4.90 Å². The smallest absolute Gasteiger partial charge is 0.256 e. The summed E-state index contributed by atoms with van der Waals surface area (Å²) in [6, 6.07) is 18.1. The van der Waals surface area contributed by atoms with Crippen molar-refractivity contribution in [2.75, 3.05) is 12.3 Å². The van der Waals surface area contributed by atoms with Gasteiger partial charge in [-0.15, -0.1) is 12.4 Å². The Morgan fingerprint density at radius 1 is 1.13 bits per heavy atom. The molecular weight excluding hydrogens is 308 g/mol. The van der Waals surface area contributed by atoms with Crippen LogP contribution in [-0.2, 0) is 6.42 Å². The molecule has 1 heterocycles. The highest BCUT2D eigenvalue weighted by atomic mass is 35.5. The molecule has 1 saturated heterocycles. The first-order chi connectivity index (χ1) is 10.7. The minimum atomic E-state index is 0. The van der Waals surface area contributed by atoms with Crippen molar-refractivity contribution in [3.8, 4) is 0 Å². The number of nitrogen functional groups attached to an aromatic ring is 1. The lowest BCUT2D eigenvalue weighted by atomic mass is 9.93. The van der Waals surface area contributed by atoms with E-state index in [2.05, 4.69) is 31.2 Å². The maximum absolute atomic E-state index is 12.7. The van der Waals surface area contributed by atoms with Crippen LogP contribution in [0.25, 0.3) is 0 Å². The van der Waals surface area contributed by atoms with Crippen molar-refractivity contribution < 1.29 is 4.79 Å². The molecule has 3 nitrogen and oxygen atoms in total. The van der Waals surface area contributed by atoms with Crippen molar-refractivity contribution in [3.05, 3.63) is 65.7 Å². The Bertz CT molecular complexity index is 659.